The van der Waals surface area contributed by atoms with Crippen molar-refractivity contribution in [2.45, 2.75) is 19.3 Å². The molecule has 0 saturated carbocycles. The summed E-state index contributed by atoms with van der Waals surface area (Å²) in [5.41, 5.74) is 15.1. The molecule has 0 fully saturated rings. The van der Waals surface area contributed by atoms with Gasteiger partial charge in [0, 0.05) is 39.0 Å². The highest BCUT2D eigenvalue weighted by molar-refractivity contribution is 5.95. The van der Waals surface area contributed by atoms with Gasteiger partial charge in [0.15, 0.2) is 0 Å². The summed E-state index contributed by atoms with van der Waals surface area (Å²) in [5.74, 6) is 0.998. The number of hydrogen-bond acceptors (Lipinski definition) is 2. The molecule has 0 saturated heterocycles. The fraction of sp³-hybridized carbons (Fsp3) is 0.0638. The first-order valence-corrected chi connectivity index (χ1v) is 16.9. The van der Waals surface area contributed by atoms with E-state index in [0.29, 0.717) is 0 Å². The van der Waals surface area contributed by atoms with Crippen molar-refractivity contribution < 1.29 is 4.42 Å². The summed E-state index contributed by atoms with van der Waals surface area (Å²) in [6.07, 6.45) is 0. The highest BCUT2D eigenvalue weighted by Crippen LogP contribution is 2.53. The average molecular weight is 630 g/mol. The fourth-order valence-corrected chi connectivity index (χ4v) is 7.59. The average Bonchev–Trinajstić information content (AvgIpc) is 3.66. The normalized spacial score (nSPS) is 12.9. The number of furan rings is 1. The second-order valence-electron chi connectivity index (χ2n) is 13.4. The standard InChI is InChI=1S/C47H35NO/c1-47(2)43-29-24-37(31-42(43)46-45(47)41-18-9-10-19-44(41)49-46)36-16-11-17-40(30-36)48(38-25-20-34(21-26-38)32-12-5-3-6-13-32)39-27-22-35(23-28-39)33-14-7-4-8-15-33/h3-31H,1-2H3. The summed E-state index contributed by atoms with van der Waals surface area (Å²) in [4.78, 5) is 2.35. The van der Waals surface area contributed by atoms with Crippen LogP contribution in [0.25, 0.3) is 55.7 Å². The predicted molar refractivity (Wildman–Crippen MR) is 205 cm³/mol. The molecule has 0 amide bonds. The van der Waals surface area contributed by atoms with Gasteiger partial charge in [0.05, 0.1) is 0 Å². The minimum atomic E-state index is -0.133. The van der Waals surface area contributed by atoms with E-state index >= 15 is 0 Å². The van der Waals surface area contributed by atoms with Crippen LogP contribution in [0, 0.1) is 0 Å². The number of hydrogen-bond donors (Lipinski definition) is 0. The molecule has 9 rings (SSSR count). The minimum Gasteiger partial charge on any atom is -0.456 e. The van der Waals surface area contributed by atoms with E-state index in [1.807, 2.05) is 6.07 Å². The van der Waals surface area contributed by atoms with Gasteiger partial charge in [0.25, 0.3) is 0 Å². The van der Waals surface area contributed by atoms with Gasteiger partial charge in [-0.1, -0.05) is 141 Å². The van der Waals surface area contributed by atoms with Crippen molar-refractivity contribution in [2.24, 2.45) is 0 Å². The Labute approximate surface area is 287 Å². The Bertz CT molecular complexity index is 2350. The van der Waals surface area contributed by atoms with Crippen LogP contribution in [0.15, 0.2) is 180 Å². The van der Waals surface area contributed by atoms with Crippen molar-refractivity contribution in [1.82, 2.24) is 0 Å². The van der Waals surface area contributed by atoms with E-state index in [9.17, 15) is 0 Å². The summed E-state index contributed by atoms with van der Waals surface area (Å²) in [5, 5.41) is 1.20. The molecule has 1 aliphatic carbocycles. The highest BCUT2D eigenvalue weighted by atomic mass is 16.3. The first-order valence-electron chi connectivity index (χ1n) is 16.9. The smallest absolute Gasteiger partial charge is 0.139 e. The van der Waals surface area contributed by atoms with Crippen LogP contribution in [0.4, 0.5) is 17.1 Å². The first-order chi connectivity index (χ1) is 24.0. The quantitative estimate of drug-likeness (QED) is 0.182. The molecule has 234 valence electrons. The molecule has 1 aromatic heterocycles. The lowest BCUT2D eigenvalue weighted by molar-refractivity contribution is 0.619. The Hall–Kier alpha value is -6.12. The van der Waals surface area contributed by atoms with E-state index in [1.165, 1.54) is 49.9 Å². The van der Waals surface area contributed by atoms with Gasteiger partial charge in [0.1, 0.15) is 11.3 Å². The molecule has 8 aromatic rings. The zero-order valence-corrected chi connectivity index (χ0v) is 27.6. The molecule has 0 atom stereocenters. The third-order valence-corrected chi connectivity index (χ3v) is 10.1. The van der Waals surface area contributed by atoms with Gasteiger partial charge in [-0.3, -0.25) is 0 Å². The van der Waals surface area contributed by atoms with Crippen molar-refractivity contribution in [3.8, 4) is 44.7 Å². The van der Waals surface area contributed by atoms with Gasteiger partial charge in [-0.15, -0.1) is 0 Å². The zero-order chi connectivity index (χ0) is 33.0. The van der Waals surface area contributed by atoms with Crippen LogP contribution in [0.2, 0.25) is 0 Å². The Balaban J connectivity index is 1.14. The van der Waals surface area contributed by atoms with E-state index in [1.54, 1.807) is 0 Å². The topological polar surface area (TPSA) is 16.4 Å². The van der Waals surface area contributed by atoms with Gasteiger partial charge in [-0.05, 0) is 87.5 Å². The minimum absolute atomic E-state index is 0.133. The third-order valence-electron chi connectivity index (χ3n) is 10.1. The molecule has 2 nitrogen and oxygen atoms in total. The summed E-state index contributed by atoms with van der Waals surface area (Å²) in [7, 11) is 0. The van der Waals surface area contributed by atoms with Crippen molar-refractivity contribution in [1.29, 1.82) is 0 Å². The monoisotopic (exact) mass is 629 g/mol. The van der Waals surface area contributed by atoms with Gasteiger partial charge in [0.2, 0.25) is 0 Å². The summed E-state index contributed by atoms with van der Waals surface area (Å²) < 4.78 is 6.52. The second kappa shape index (κ2) is 11.5. The Kier molecular flexibility index (Phi) is 6.84. The van der Waals surface area contributed by atoms with Crippen LogP contribution in [-0.2, 0) is 5.41 Å². The molecule has 0 N–H and O–H groups in total. The molecule has 0 spiro atoms. The molecule has 0 bridgehead atoms. The molecule has 49 heavy (non-hydrogen) atoms. The maximum Gasteiger partial charge on any atom is 0.139 e. The predicted octanol–water partition coefficient (Wildman–Crippen LogP) is 13.2. The van der Waals surface area contributed by atoms with Crippen molar-refractivity contribution in [3.05, 3.63) is 187 Å². The van der Waals surface area contributed by atoms with E-state index in [4.69, 9.17) is 4.42 Å². The number of para-hydroxylation sites is 1. The van der Waals surface area contributed by atoms with Crippen LogP contribution >= 0.6 is 0 Å². The lowest BCUT2D eigenvalue weighted by Crippen LogP contribution is -2.14. The summed E-state index contributed by atoms with van der Waals surface area (Å²) in [6, 6.07) is 63.0. The van der Waals surface area contributed by atoms with Gasteiger partial charge in [-0.25, -0.2) is 0 Å². The number of rotatable bonds is 6. The number of nitrogens with zero attached hydrogens (tertiary/aromatic N) is 1. The highest BCUT2D eigenvalue weighted by Gasteiger charge is 2.40. The maximum atomic E-state index is 6.52. The van der Waals surface area contributed by atoms with Gasteiger partial charge in [-0.2, -0.15) is 0 Å². The van der Waals surface area contributed by atoms with Crippen molar-refractivity contribution in [2.75, 3.05) is 4.90 Å². The Morgan fingerprint density at radius 3 is 1.57 bits per heavy atom. The Morgan fingerprint density at radius 1 is 0.429 bits per heavy atom. The SMILES string of the molecule is CC1(C)c2ccc(-c3cccc(N(c4ccc(-c5ccccc5)cc4)c4ccc(-c5ccccc5)cc4)c3)cc2-c2oc3ccccc3c21. The number of benzene rings is 7. The molecular formula is C47H35NO. The second-order valence-corrected chi connectivity index (χ2v) is 13.4. The molecule has 0 radical (unpaired) electrons. The number of fused-ring (bicyclic) bond motifs is 5. The lowest BCUT2D eigenvalue weighted by atomic mass is 9.81. The van der Waals surface area contributed by atoms with Gasteiger partial charge < -0.3 is 9.32 Å². The third kappa shape index (κ3) is 4.96. The molecule has 0 unspecified atom stereocenters. The van der Waals surface area contributed by atoms with Gasteiger partial charge >= 0.3 is 0 Å². The van der Waals surface area contributed by atoms with E-state index < -0.39 is 0 Å². The van der Waals surface area contributed by atoms with Crippen molar-refractivity contribution in [3.63, 3.8) is 0 Å². The molecule has 1 heterocycles. The van der Waals surface area contributed by atoms with Crippen LogP contribution in [-0.4, -0.2) is 0 Å². The molecular weight excluding hydrogens is 595 g/mol. The lowest BCUT2D eigenvalue weighted by Gasteiger charge is -2.26. The Morgan fingerprint density at radius 2 is 0.939 bits per heavy atom. The summed E-state index contributed by atoms with van der Waals surface area (Å²) >= 11 is 0. The summed E-state index contributed by atoms with van der Waals surface area (Å²) in [6.45, 7) is 4.62. The maximum absolute atomic E-state index is 6.52. The molecule has 1 aliphatic rings. The van der Waals surface area contributed by atoms with Crippen molar-refractivity contribution >= 4 is 28.0 Å². The van der Waals surface area contributed by atoms with Crippen LogP contribution in [0.1, 0.15) is 25.0 Å². The van der Waals surface area contributed by atoms with E-state index in [2.05, 4.69) is 189 Å². The largest absolute Gasteiger partial charge is 0.456 e. The fourth-order valence-electron chi connectivity index (χ4n) is 7.59. The molecule has 2 heteroatoms. The van der Waals surface area contributed by atoms with E-state index in [0.717, 1.165) is 34.0 Å². The molecule has 0 aliphatic heterocycles. The van der Waals surface area contributed by atoms with E-state index in [-0.39, 0.29) is 5.41 Å². The van der Waals surface area contributed by atoms with Crippen LogP contribution in [0.5, 0.6) is 0 Å². The molecule has 7 aromatic carbocycles. The van der Waals surface area contributed by atoms with Crippen LogP contribution in [0.3, 0.4) is 0 Å². The zero-order valence-electron chi connectivity index (χ0n) is 27.6. The first kappa shape index (κ1) is 29.1. The van der Waals surface area contributed by atoms with Crippen LogP contribution < -0.4 is 4.90 Å². The number of anilines is 3.